The van der Waals surface area contributed by atoms with Crippen LogP contribution in [-0.4, -0.2) is 25.8 Å². The first-order valence-electron chi connectivity index (χ1n) is 10.2. The van der Waals surface area contributed by atoms with Crippen LogP contribution >= 0.6 is 11.8 Å². The molecule has 0 saturated heterocycles. The molecule has 2 aromatic heterocycles. The van der Waals surface area contributed by atoms with Crippen molar-refractivity contribution in [1.29, 1.82) is 0 Å². The van der Waals surface area contributed by atoms with Gasteiger partial charge in [0.15, 0.2) is 5.16 Å². The number of imidazole rings is 1. The number of benzene rings is 1. The number of fused-ring (bicyclic) bond motifs is 1. The molecule has 3 heterocycles. The molecule has 3 aromatic rings. The molecule has 6 heteroatoms. The predicted molar refractivity (Wildman–Crippen MR) is 114 cm³/mol. The first kappa shape index (κ1) is 18.6. The van der Waals surface area contributed by atoms with Crippen LogP contribution in [0.2, 0.25) is 0 Å². The normalized spacial score (nSPS) is 18.3. The monoisotopic (exact) mass is 406 g/mol. The molecule has 0 spiro atoms. The van der Waals surface area contributed by atoms with Crippen molar-refractivity contribution in [3.63, 3.8) is 0 Å². The van der Waals surface area contributed by atoms with Crippen LogP contribution < -0.4 is 0 Å². The van der Waals surface area contributed by atoms with Gasteiger partial charge in [0.25, 0.3) is 0 Å². The number of nitrogens with zero attached hydrogens (tertiary/aromatic N) is 4. The molecule has 1 aromatic carbocycles. The fourth-order valence-corrected chi connectivity index (χ4v) is 4.83. The summed E-state index contributed by atoms with van der Waals surface area (Å²) in [6.07, 6.45) is 13.3. The highest BCUT2D eigenvalue weighted by Gasteiger charge is 2.30. The Labute approximate surface area is 174 Å². The van der Waals surface area contributed by atoms with Gasteiger partial charge >= 0.3 is 0 Å². The molecule has 1 aliphatic carbocycles. The van der Waals surface area contributed by atoms with E-state index in [9.17, 15) is 4.39 Å². The zero-order chi connectivity index (χ0) is 19.8. The molecule has 0 radical (unpaired) electrons. The zero-order valence-corrected chi connectivity index (χ0v) is 17.3. The average molecular weight is 407 g/mol. The topological polar surface area (TPSA) is 43.6 Å². The number of hydrogen-bond donors (Lipinski definition) is 0. The molecule has 2 aliphatic rings. The van der Waals surface area contributed by atoms with Gasteiger partial charge in [0.2, 0.25) is 0 Å². The minimum atomic E-state index is -0.238. The third kappa shape index (κ3) is 3.50. The summed E-state index contributed by atoms with van der Waals surface area (Å²) in [5.74, 6) is 0.848. The van der Waals surface area contributed by atoms with Gasteiger partial charge < -0.3 is 4.57 Å². The average Bonchev–Trinajstić information content (AvgIpc) is 3.47. The van der Waals surface area contributed by atoms with E-state index in [2.05, 4.69) is 15.6 Å². The Kier molecular flexibility index (Phi) is 4.96. The van der Waals surface area contributed by atoms with Crippen LogP contribution in [0.25, 0.3) is 22.6 Å². The summed E-state index contributed by atoms with van der Waals surface area (Å²) in [7, 11) is 0. The van der Waals surface area contributed by atoms with Gasteiger partial charge in [-0.25, -0.2) is 19.3 Å². The molecule has 148 valence electrons. The molecule has 0 bridgehead atoms. The minimum Gasteiger partial charge on any atom is -0.319 e. The van der Waals surface area contributed by atoms with Crippen LogP contribution in [-0.2, 0) is 6.42 Å². The maximum atomic E-state index is 13.5. The highest BCUT2D eigenvalue weighted by Crippen LogP contribution is 2.41. The second kappa shape index (κ2) is 7.75. The van der Waals surface area contributed by atoms with Crippen molar-refractivity contribution in [3.05, 3.63) is 59.8 Å². The van der Waals surface area contributed by atoms with Crippen LogP contribution in [0, 0.1) is 5.82 Å². The maximum Gasteiger partial charge on any atom is 0.187 e. The van der Waals surface area contributed by atoms with Crippen molar-refractivity contribution in [1.82, 2.24) is 19.5 Å². The van der Waals surface area contributed by atoms with Gasteiger partial charge in [-0.1, -0.05) is 23.4 Å². The van der Waals surface area contributed by atoms with Gasteiger partial charge in [0.1, 0.15) is 11.6 Å². The Hall–Kier alpha value is -2.47. The summed E-state index contributed by atoms with van der Waals surface area (Å²) in [6.45, 7) is 0. The highest BCUT2D eigenvalue weighted by molar-refractivity contribution is 7.98. The number of aryl methyl sites for hydroxylation is 1. The van der Waals surface area contributed by atoms with Crippen LogP contribution in [0.5, 0.6) is 0 Å². The van der Waals surface area contributed by atoms with Crippen molar-refractivity contribution >= 4 is 11.8 Å². The van der Waals surface area contributed by atoms with Gasteiger partial charge in [-0.15, -0.1) is 0 Å². The maximum absolute atomic E-state index is 13.5. The van der Waals surface area contributed by atoms with E-state index in [0.29, 0.717) is 6.04 Å². The Morgan fingerprint density at radius 2 is 1.86 bits per heavy atom. The Balaban J connectivity index is 1.68. The van der Waals surface area contributed by atoms with E-state index in [1.54, 1.807) is 17.7 Å². The molecule has 4 nitrogen and oxygen atoms in total. The molecule has 5 rings (SSSR count). The first-order chi connectivity index (χ1) is 14.2. The smallest absolute Gasteiger partial charge is 0.187 e. The molecular formula is C23H23FN4S. The molecule has 0 N–H and O–H groups in total. The predicted octanol–water partition coefficient (Wildman–Crippen LogP) is 5.86. The number of allylic oxidation sites excluding steroid dienone is 2. The lowest BCUT2D eigenvalue weighted by molar-refractivity contribution is 0.628. The van der Waals surface area contributed by atoms with E-state index in [4.69, 9.17) is 9.97 Å². The summed E-state index contributed by atoms with van der Waals surface area (Å²) in [5, 5.41) is 0.742. The fraction of sp³-hybridized carbons (Fsp3) is 0.348. The number of hydrogen-bond acceptors (Lipinski definition) is 4. The van der Waals surface area contributed by atoms with E-state index >= 15 is 0 Å². The molecule has 1 unspecified atom stereocenters. The van der Waals surface area contributed by atoms with Gasteiger partial charge in [0.05, 0.1) is 23.1 Å². The summed E-state index contributed by atoms with van der Waals surface area (Å²) < 4.78 is 15.9. The zero-order valence-electron chi connectivity index (χ0n) is 16.4. The molecule has 0 amide bonds. The number of rotatable bonds is 4. The van der Waals surface area contributed by atoms with Gasteiger partial charge in [-0.05, 0) is 68.7 Å². The van der Waals surface area contributed by atoms with Crippen molar-refractivity contribution in [3.8, 4) is 22.6 Å². The molecule has 29 heavy (non-hydrogen) atoms. The van der Waals surface area contributed by atoms with Crippen molar-refractivity contribution in [2.75, 3.05) is 6.26 Å². The quantitative estimate of drug-likeness (QED) is 0.309. The standard InChI is InChI=1S/C23H23FN4S/c1-29-23-25-13-12-19(26-23)22-21(16-6-8-17(24)9-7-16)27-20-11-10-18(28(20)22)14-15-4-2-3-5-15/h6-9,12-14,18H,2-5,10-11H2,1H3. The molecule has 1 atom stereocenters. The fourth-order valence-electron chi connectivity index (χ4n) is 4.47. The number of aromatic nitrogens is 4. The Morgan fingerprint density at radius 3 is 2.62 bits per heavy atom. The summed E-state index contributed by atoms with van der Waals surface area (Å²) in [4.78, 5) is 14.1. The van der Waals surface area contributed by atoms with Crippen LogP contribution in [0.3, 0.4) is 0 Å². The third-order valence-corrected chi connectivity index (χ3v) is 6.39. The molecule has 1 aliphatic heterocycles. The van der Waals surface area contributed by atoms with Crippen molar-refractivity contribution in [2.45, 2.75) is 49.7 Å². The van der Waals surface area contributed by atoms with E-state index < -0.39 is 0 Å². The lowest BCUT2D eigenvalue weighted by atomic mass is 10.1. The highest BCUT2D eigenvalue weighted by atomic mass is 32.2. The van der Waals surface area contributed by atoms with E-state index in [1.165, 1.54) is 49.6 Å². The summed E-state index contributed by atoms with van der Waals surface area (Å²) in [6, 6.07) is 8.86. The van der Waals surface area contributed by atoms with E-state index in [-0.39, 0.29) is 5.82 Å². The second-order valence-corrected chi connectivity index (χ2v) is 8.44. The van der Waals surface area contributed by atoms with E-state index in [1.807, 2.05) is 18.5 Å². The summed E-state index contributed by atoms with van der Waals surface area (Å²) in [5.41, 5.74) is 5.25. The van der Waals surface area contributed by atoms with Gasteiger partial charge in [-0.2, -0.15) is 0 Å². The van der Waals surface area contributed by atoms with E-state index in [0.717, 1.165) is 46.5 Å². The lowest BCUT2D eigenvalue weighted by Crippen LogP contribution is -2.05. The van der Waals surface area contributed by atoms with Gasteiger partial charge in [-0.3, -0.25) is 0 Å². The molecule has 1 saturated carbocycles. The number of thioether (sulfide) groups is 1. The second-order valence-electron chi connectivity index (χ2n) is 7.67. The number of halogens is 1. The van der Waals surface area contributed by atoms with Crippen LogP contribution in [0.15, 0.2) is 53.3 Å². The minimum absolute atomic E-state index is 0.238. The largest absolute Gasteiger partial charge is 0.319 e. The molecular weight excluding hydrogens is 383 g/mol. The van der Waals surface area contributed by atoms with Gasteiger partial charge in [0, 0.05) is 18.2 Å². The van der Waals surface area contributed by atoms with Crippen molar-refractivity contribution in [2.24, 2.45) is 0 Å². The third-order valence-electron chi connectivity index (χ3n) is 5.83. The lowest BCUT2D eigenvalue weighted by Gasteiger charge is -2.15. The Morgan fingerprint density at radius 1 is 1.07 bits per heavy atom. The van der Waals surface area contributed by atoms with Crippen LogP contribution in [0.1, 0.15) is 44.0 Å². The Bertz CT molecular complexity index is 1060. The van der Waals surface area contributed by atoms with Crippen molar-refractivity contribution < 1.29 is 4.39 Å². The SMILES string of the molecule is CSc1nccc(-c2c(-c3ccc(F)cc3)nc3n2C(C=C2CCCC2)CC3)n1. The summed E-state index contributed by atoms with van der Waals surface area (Å²) >= 11 is 1.53. The first-order valence-corrected chi connectivity index (χ1v) is 11.4. The van der Waals surface area contributed by atoms with Crippen LogP contribution in [0.4, 0.5) is 4.39 Å². The molecule has 1 fully saturated rings.